The molecule has 0 aliphatic heterocycles. The van der Waals surface area contributed by atoms with Gasteiger partial charge in [0.05, 0.1) is 6.54 Å². The van der Waals surface area contributed by atoms with E-state index in [0.717, 1.165) is 22.1 Å². The molecule has 0 bridgehead atoms. The predicted octanol–water partition coefficient (Wildman–Crippen LogP) is 4.10. The third-order valence-electron chi connectivity index (χ3n) is 4.34. The van der Waals surface area contributed by atoms with E-state index < -0.39 is 15.9 Å². The van der Waals surface area contributed by atoms with E-state index in [0.29, 0.717) is 18.0 Å². The van der Waals surface area contributed by atoms with Crippen LogP contribution in [0.15, 0.2) is 84.3 Å². The molecule has 0 radical (unpaired) electrons. The van der Waals surface area contributed by atoms with Crippen molar-refractivity contribution in [3.63, 3.8) is 0 Å². The lowest BCUT2D eigenvalue weighted by molar-refractivity contribution is -0.115. The Kier molecular flexibility index (Phi) is 7.59. The van der Waals surface area contributed by atoms with Crippen LogP contribution >= 0.6 is 0 Å². The number of rotatable bonds is 9. The summed E-state index contributed by atoms with van der Waals surface area (Å²) in [7, 11) is -3.73. The van der Waals surface area contributed by atoms with Crippen molar-refractivity contribution in [3.05, 3.63) is 101 Å². The first kappa shape index (κ1) is 22.3. The number of nitrogens with one attached hydrogen (secondary N) is 2. The monoisotopic (exact) mass is 436 g/mol. The number of sulfonamides is 1. The highest BCUT2D eigenvalue weighted by molar-refractivity contribution is 7.92. The zero-order valence-corrected chi connectivity index (χ0v) is 17.9. The Balaban J connectivity index is 1.45. The molecule has 0 atom stereocenters. The molecular formula is C24H24N2O4S. The number of hydrogen-bond acceptors (Lipinski definition) is 4. The van der Waals surface area contributed by atoms with Gasteiger partial charge < -0.3 is 10.1 Å². The minimum absolute atomic E-state index is 0.368. The minimum atomic E-state index is -3.73. The van der Waals surface area contributed by atoms with E-state index in [-0.39, 0.29) is 6.54 Å². The molecular weight excluding hydrogens is 412 g/mol. The highest BCUT2D eigenvalue weighted by atomic mass is 32.2. The van der Waals surface area contributed by atoms with Gasteiger partial charge >= 0.3 is 0 Å². The van der Waals surface area contributed by atoms with Crippen LogP contribution in [0.4, 0.5) is 5.69 Å². The fourth-order valence-corrected chi connectivity index (χ4v) is 3.41. The molecule has 3 aromatic rings. The van der Waals surface area contributed by atoms with Crippen LogP contribution < -0.4 is 14.8 Å². The van der Waals surface area contributed by atoms with Crippen molar-refractivity contribution in [3.8, 4) is 5.75 Å². The van der Waals surface area contributed by atoms with Crippen LogP contribution in [-0.2, 0) is 21.4 Å². The van der Waals surface area contributed by atoms with Gasteiger partial charge in [-0.15, -0.1) is 0 Å². The maximum atomic E-state index is 12.1. The zero-order chi connectivity index (χ0) is 22.1. The quantitative estimate of drug-likeness (QED) is 0.529. The molecule has 0 aromatic heterocycles. The van der Waals surface area contributed by atoms with Gasteiger partial charge in [-0.1, -0.05) is 60.2 Å². The van der Waals surface area contributed by atoms with Crippen LogP contribution in [0.2, 0.25) is 0 Å². The molecule has 0 aliphatic rings. The van der Waals surface area contributed by atoms with Gasteiger partial charge in [-0.3, -0.25) is 4.79 Å². The molecule has 6 nitrogen and oxygen atoms in total. The number of amides is 1. The molecule has 0 heterocycles. The number of carbonyl (C=O) groups excluding carboxylic acids is 1. The van der Waals surface area contributed by atoms with Crippen molar-refractivity contribution in [2.45, 2.75) is 13.5 Å². The lowest BCUT2D eigenvalue weighted by Crippen LogP contribution is -2.31. The van der Waals surface area contributed by atoms with Crippen molar-refractivity contribution >= 4 is 27.7 Å². The van der Waals surface area contributed by atoms with Crippen molar-refractivity contribution in [2.75, 3.05) is 11.9 Å². The number of benzene rings is 3. The first-order valence-electron chi connectivity index (χ1n) is 9.71. The lowest BCUT2D eigenvalue weighted by atomic mass is 10.2. The van der Waals surface area contributed by atoms with Crippen LogP contribution in [-0.4, -0.2) is 20.9 Å². The number of ether oxygens (including phenoxy) is 1. The summed E-state index contributed by atoms with van der Waals surface area (Å²) in [4.78, 5) is 12.1. The Labute approximate surface area is 182 Å². The second-order valence-corrected chi connectivity index (χ2v) is 8.58. The SMILES string of the molecule is Cc1ccc(/C=C/S(=O)(=O)NCC(=O)Nc2ccc(OCc3ccccc3)cc2)cc1. The first-order chi connectivity index (χ1) is 14.9. The molecule has 160 valence electrons. The van der Waals surface area contributed by atoms with Gasteiger partial charge in [0.15, 0.2) is 0 Å². The average molecular weight is 437 g/mol. The highest BCUT2D eigenvalue weighted by Crippen LogP contribution is 2.17. The number of carbonyl (C=O) groups is 1. The van der Waals surface area contributed by atoms with E-state index >= 15 is 0 Å². The van der Waals surface area contributed by atoms with Crippen LogP contribution in [0, 0.1) is 6.92 Å². The van der Waals surface area contributed by atoms with E-state index in [9.17, 15) is 13.2 Å². The summed E-state index contributed by atoms with van der Waals surface area (Å²) in [6.45, 7) is 2.03. The molecule has 2 N–H and O–H groups in total. The van der Waals surface area contributed by atoms with Gasteiger partial charge in [0.2, 0.25) is 15.9 Å². The molecule has 7 heteroatoms. The molecule has 3 rings (SSSR count). The van der Waals surface area contributed by atoms with Gasteiger partial charge in [0, 0.05) is 11.1 Å². The van der Waals surface area contributed by atoms with Crippen LogP contribution in [0.3, 0.4) is 0 Å². The van der Waals surface area contributed by atoms with Gasteiger partial charge in [-0.05, 0) is 48.4 Å². The maximum absolute atomic E-state index is 12.1. The Bertz CT molecular complexity index is 1120. The summed E-state index contributed by atoms with van der Waals surface area (Å²) in [5, 5.41) is 3.70. The summed E-state index contributed by atoms with van der Waals surface area (Å²) < 4.78 is 32.1. The van der Waals surface area contributed by atoms with E-state index in [1.165, 1.54) is 6.08 Å². The largest absolute Gasteiger partial charge is 0.489 e. The number of anilines is 1. The van der Waals surface area contributed by atoms with Crippen LogP contribution in [0.25, 0.3) is 6.08 Å². The molecule has 0 aliphatic carbocycles. The second kappa shape index (κ2) is 10.6. The number of hydrogen-bond donors (Lipinski definition) is 2. The van der Waals surface area contributed by atoms with Gasteiger partial charge in [-0.25, -0.2) is 13.1 Å². The first-order valence-corrected chi connectivity index (χ1v) is 11.3. The topological polar surface area (TPSA) is 84.5 Å². The molecule has 0 saturated carbocycles. The second-order valence-electron chi connectivity index (χ2n) is 6.93. The third-order valence-corrected chi connectivity index (χ3v) is 5.38. The molecule has 1 amide bonds. The van der Waals surface area contributed by atoms with E-state index in [4.69, 9.17) is 4.74 Å². The summed E-state index contributed by atoms with van der Waals surface area (Å²) in [5.41, 5.74) is 3.45. The van der Waals surface area contributed by atoms with Gasteiger partial charge in [-0.2, -0.15) is 0 Å². The highest BCUT2D eigenvalue weighted by Gasteiger charge is 2.09. The van der Waals surface area contributed by atoms with Crippen molar-refractivity contribution in [2.24, 2.45) is 0 Å². The normalized spacial score (nSPS) is 11.4. The molecule has 0 saturated heterocycles. The van der Waals surface area contributed by atoms with Crippen molar-refractivity contribution < 1.29 is 17.9 Å². The van der Waals surface area contributed by atoms with Gasteiger partial charge in [0.1, 0.15) is 12.4 Å². The third kappa shape index (κ3) is 7.73. The zero-order valence-electron chi connectivity index (χ0n) is 17.1. The number of aryl methyl sites for hydroxylation is 1. The van der Waals surface area contributed by atoms with Gasteiger partial charge in [0.25, 0.3) is 0 Å². The average Bonchev–Trinajstić information content (AvgIpc) is 2.78. The minimum Gasteiger partial charge on any atom is -0.489 e. The van der Waals surface area contributed by atoms with Crippen LogP contribution in [0.1, 0.15) is 16.7 Å². The summed E-state index contributed by atoms with van der Waals surface area (Å²) in [6.07, 6.45) is 1.48. The maximum Gasteiger partial charge on any atom is 0.239 e. The Morgan fingerprint density at radius 1 is 0.935 bits per heavy atom. The molecule has 0 unspecified atom stereocenters. The van der Waals surface area contributed by atoms with E-state index in [1.807, 2.05) is 61.5 Å². The molecule has 3 aromatic carbocycles. The fourth-order valence-electron chi connectivity index (χ4n) is 2.64. The van der Waals surface area contributed by atoms with Crippen LogP contribution in [0.5, 0.6) is 5.75 Å². The lowest BCUT2D eigenvalue weighted by Gasteiger charge is -2.09. The summed E-state index contributed by atoms with van der Waals surface area (Å²) >= 11 is 0. The molecule has 0 spiro atoms. The smallest absolute Gasteiger partial charge is 0.239 e. The predicted molar refractivity (Wildman–Crippen MR) is 123 cm³/mol. The Morgan fingerprint density at radius 2 is 1.61 bits per heavy atom. The standard InChI is InChI=1S/C24H24N2O4S/c1-19-7-9-20(10-8-19)15-16-31(28,29)25-17-24(27)26-22-11-13-23(14-12-22)30-18-21-5-3-2-4-6-21/h2-16,25H,17-18H2,1H3,(H,26,27)/b16-15+. The summed E-state index contributed by atoms with van der Waals surface area (Å²) in [6, 6.07) is 24.1. The van der Waals surface area contributed by atoms with E-state index in [2.05, 4.69) is 10.0 Å². The Hall–Kier alpha value is -3.42. The summed E-state index contributed by atoms with van der Waals surface area (Å²) in [5.74, 6) is 0.203. The van der Waals surface area contributed by atoms with Crippen molar-refractivity contribution in [1.29, 1.82) is 0 Å². The molecule has 31 heavy (non-hydrogen) atoms. The molecule has 0 fully saturated rings. The Morgan fingerprint density at radius 3 is 2.29 bits per heavy atom. The van der Waals surface area contributed by atoms with Crippen molar-refractivity contribution in [1.82, 2.24) is 4.72 Å². The van der Waals surface area contributed by atoms with E-state index in [1.54, 1.807) is 24.3 Å². The fraction of sp³-hybridized carbons (Fsp3) is 0.125.